The average molecular weight is 325 g/mol. The van der Waals surface area contributed by atoms with Gasteiger partial charge < -0.3 is 9.59 Å². The second kappa shape index (κ2) is 25.5. The van der Waals surface area contributed by atoms with Crippen LogP contribution < -0.4 is 0 Å². The Hall–Kier alpha value is 0.694. The number of hydrogen-bond acceptors (Lipinski definition) is 2. The number of carbonyl (C=O) groups excluding carboxylic acids is 2. The Bertz CT molecular complexity index is 107. The van der Waals surface area contributed by atoms with E-state index in [9.17, 15) is 0 Å². The summed E-state index contributed by atoms with van der Waals surface area (Å²) in [7, 11) is 0.832. The van der Waals surface area contributed by atoms with Crippen LogP contribution in [0.15, 0.2) is 0 Å². The van der Waals surface area contributed by atoms with Gasteiger partial charge in [-0.25, -0.2) is 0 Å². The summed E-state index contributed by atoms with van der Waals surface area (Å²) in [6, 6.07) is 0. The molecule has 0 atom stereocenters. The minimum Gasteiger partial charge on any atom is -0.307 e. The number of carbonyl (C=O) groups is 2. The van der Waals surface area contributed by atoms with Gasteiger partial charge in [0, 0.05) is 16.5 Å². The molecule has 0 amide bonds. The quantitative estimate of drug-likeness (QED) is 0.529. The molecule has 0 aromatic carbocycles. The van der Waals surface area contributed by atoms with Crippen molar-refractivity contribution in [1.29, 1.82) is 0 Å². The van der Waals surface area contributed by atoms with Crippen LogP contribution >= 0.6 is 15.8 Å². The van der Waals surface area contributed by atoms with Gasteiger partial charge in [-0.05, 0) is 37.0 Å². The first-order valence-electron chi connectivity index (χ1n) is 5.80. The van der Waals surface area contributed by atoms with Crippen LogP contribution in [0, 0.1) is 0 Å². The molecule has 108 valence electrons. The predicted octanol–water partition coefficient (Wildman–Crippen LogP) is 3.66. The average Bonchev–Trinajstić information content (AvgIpc) is 2.40. The van der Waals surface area contributed by atoms with Gasteiger partial charge in [0.25, 0.3) is 0 Å². The largest absolute Gasteiger partial charge is 0.307 e. The zero-order valence-electron chi connectivity index (χ0n) is 11.7. The van der Waals surface area contributed by atoms with E-state index in [1.165, 1.54) is 24.6 Å². The summed E-state index contributed by atoms with van der Waals surface area (Å²) in [6.45, 7) is 13.4. The molecule has 0 unspecified atom stereocenters. The third-order valence-electron chi connectivity index (χ3n) is 2.52. The van der Waals surface area contributed by atoms with Crippen LogP contribution in [0.25, 0.3) is 0 Å². The number of hydrogen-bond donors (Lipinski definition) is 0. The monoisotopic (exact) mass is 324 g/mol. The first-order chi connectivity index (χ1) is 7.78. The SMILES string of the molecule is C=O.C=O.CCP(CC)CCP(CC)CC.[Ni]. The van der Waals surface area contributed by atoms with E-state index >= 15 is 0 Å². The van der Waals surface area contributed by atoms with Crippen LogP contribution in [0.3, 0.4) is 0 Å². The van der Waals surface area contributed by atoms with Crippen molar-refractivity contribution in [3.8, 4) is 0 Å². The molecule has 5 heteroatoms. The molecule has 2 nitrogen and oxygen atoms in total. The molecule has 0 aromatic heterocycles. The van der Waals surface area contributed by atoms with E-state index in [2.05, 4.69) is 27.7 Å². The minimum absolute atomic E-state index is 0. The molecule has 0 radical (unpaired) electrons. The summed E-state index contributed by atoms with van der Waals surface area (Å²) >= 11 is 0. The van der Waals surface area contributed by atoms with Crippen LogP contribution in [-0.2, 0) is 26.1 Å². The van der Waals surface area contributed by atoms with E-state index in [0.717, 1.165) is 0 Å². The first-order valence-corrected chi connectivity index (χ1v) is 9.60. The fourth-order valence-electron chi connectivity index (χ4n) is 1.36. The van der Waals surface area contributed by atoms with Crippen LogP contribution in [0.4, 0.5) is 0 Å². The van der Waals surface area contributed by atoms with Gasteiger partial charge in [-0.1, -0.05) is 27.7 Å². The van der Waals surface area contributed by atoms with Gasteiger partial charge in [0.15, 0.2) is 0 Å². The summed E-state index contributed by atoms with van der Waals surface area (Å²) in [5, 5.41) is 0. The minimum atomic E-state index is 0. The Balaban J connectivity index is -0.000000152. The fraction of sp³-hybridized carbons (Fsp3) is 0.833. The van der Waals surface area contributed by atoms with Crippen molar-refractivity contribution in [2.75, 3.05) is 37.0 Å². The van der Waals surface area contributed by atoms with Crippen LogP contribution in [0.2, 0.25) is 0 Å². The maximum Gasteiger partial charge on any atom is 0.106 e. The summed E-state index contributed by atoms with van der Waals surface area (Å²) in [6.07, 6.45) is 8.89. The zero-order valence-corrected chi connectivity index (χ0v) is 14.5. The molecule has 0 fully saturated rings. The summed E-state index contributed by atoms with van der Waals surface area (Å²) in [5.41, 5.74) is 0. The Labute approximate surface area is 120 Å². The molecule has 0 saturated carbocycles. The second-order valence-electron chi connectivity index (χ2n) is 3.05. The van der Waals surface area contributed by atoms with Gasteiger partial charge in [-0.3, -0.25) is 0 Å². The second-order valence-corrected chi connectivity index (χ2v) is 9.16. The first kappa shape index (κ1) is 26.3. The van der Waals surface area contributed by atoms with E-state index < -0.39 is 0 Å². The van der Waals surface area contributed by atoms with Gasteiger partial charge in [0.2, 0.25) is 0 Å². The van der Waals surface area contributed by atoms with Crippen molar-refractivity contribution in [2.24, 2.45) is 0 Å². The fourth-order valence-corrected chi connectivity index (χ4v) is 5.78. The van der Waals surface area contributed by atoms with Crippen molar-refractivity contribution in [2.45, 2.75) is 27.7 Å². The van der Waals surface area contributed by atoms with Crippen molar-refractivity contribution < 1.29 is 26.1 Å². The maximum atomic E-state index is 8.00. The smallest absolute Gasteiger partial charge is 0.106 e. The molecule has 0 aliphatic heterocycles. The van der Waals surface area contributed by atoms with Crippen LogP contribution in [-0.4, -0.2) is 50.5 Å². The molecule has 0 spiro atoms. The summed E-state index contributed by atoms with van der Waals surface area (Å²) in [5.74, 6) is 0. The van der Waals surface area contributed by atoms with Crippen molar-refractivity contribution in [3.63, 3.8) is 0 Å². The molecule has 0 saturated heterocycles. The number of rotatable bonds is 7. The van der Waals surface area contributed by atoms with Crippen molar-refractivity contribution in [3.05, 3.63) is 0 Å². The maximum absolute atomic E-state index is 8.00. The molecule has 0 aromatic rings. The van der Waals surface area contributed by atoms with E-state index in [1.54, 1.807) is 12.3 Å². The molecule has 0 bridgehead atoms. The van der Waals surface area contributed by atoms with Gasteiger partial charge in [-0.15, -0.1) is 15.8 Å². The molecule has 0 N–H and O–H groups in total. The standard InChI is InChI=1S/C10H24P2.2CH2O.Ni/c1-5-11(6-2)9-10-12(7-3)8-4;2*1-2;/h5-10H2,1-4H3;2*1H2;. The zero-order chi connectivity index (χ0) is 13.4. The Morgan fingerprint density at radius 2 is 0.824 bits per heavy atom. The van der Waals surface area contributed by atoms with Gasteiger partial charge in [0.05, 0.1) is 0 Å². The van der Waals surface area contributed by atoms with E-state index in [-0.39, 0.29) is 16.5 Å². The third kappa shape index (κ3) is 19.2. The van der Waals surface area contributed by atoms with Crippen molar-refractivity contribution >= 4 is 29.4 Å². The van der Waals surface area contributed by atoms with Gasteiger partial charge in [0.1, 0.15) is 13.6 Å². The molecule has 0 aliphatic rings. The molecule has 0 aliphatic carbocycles. The normalized spacial score (nSPS) is 8.59. The molecular weight excluding hydrogens is 297 g/mol. The predicted molar refractivity (Wildman–Crippen MR) is 80.0 cm³/mol. The van der Waals surface area contributed by atoms with E-state index in [4.69, 9.17) is 9.59 Å². The van der Waals surface area contributed by atoms with Gasteiger partial charge >= 0.3 is 0 Å². The summed E-state index contributed by atoms with van der Waals surface area (Å²) in [4.78, 5) is 16.0. The third-order valence-corrected chi connectivity index (χ3v) is 8.16. The van der Waals surface area contributed by atoms with E-state index in [0.29, 0.717) is 15.8 Å². The Kier molecular flexibility index (Phi) is 39.5. The van der Waals surface area contributed by atoms with Crippen LogP contribution in [0.1, 0.15) is 27.7 Å². The Morgan fingerprint density at radius 3 is 0.941 bits per heavy atom. The van der Waals surface area contributed by atoms with Gasteiger partial charge in [-0.2, -0.15) is 0 Å². The Morgan fingerprint density at radius 1 is 0.647 bits per heavy atom. The molecule has 17 heavy (non-hydrogen) atoms. The summed E-state index contributed by atoms with van der Waals surface area (Å²) < 4.78 is 0. The van der Waals surface area contributed by atoms with Crippen molar-refractivity contribution in [1.82, 2.24) is 0 Å². The molecule has 0 rings (SSSR count). The van der Waals surface area contributed by atoms with E-state index in [1.807, 2.05) is 13.6 Å². The topological polar surface area (TPSA) is 34.1 Å². The van der Waals surface area contributed by atoms with Crippen LogP contribution in [0.5, 0.6) is 0 Å². The molecule has 0 heterocycles. The molecular formula is C12H28NiO2P2.